The second kappa shape index (κ2) is 3.22. The standard InChI is InChI=1S/C6H8Cl2F2/c7-3-1-5(9)4(8)2-6(3)10/h3-6H,1-2H2. The van der Waals surface area contributed by atoms with Gasteiger partial charge in [0.1, 0.15) is 12.3 Å². The summed E-state index contributed by atoms with van der Waals surface area (Å²) in [5.74, 6) is 0. The summed E-state index contributed by atoms with van der Waals surface area (Å²) >= 11 is 10.9. The fraction of sp³-hybridized carbons (Fsp3) is 1.00. The van der Waals surface area contributed by atoms with E-state index < -0.39 is 23.1 Å². The number of hydrogen-bond acceptors (Lipinski definition) is 0. The molecule has 1 rings (SSSR count). The highest BCUT2D eigenvalue weighted by atomic mass is 35.5. The molecular weight excluding hydrogens is 181 g/mol. The van der Waals surface area contributed by atoms with Gasteiger partial charge in [0.2, 0.25) is 0 Å². The molecule has 10 heavy (non-hydrogen) atoms. The Morgan fingerprint density at radius 3 is 1.50 bits per heavy atom. The van der Waals surface area contributed by atoms with E-state index in [0.717, 1.165) is 0 Å². The van der Waals surface area contributed by atoms with Gasteiger partial charge in [0.15, 0.2) is 0 Å². The lowest BCUT2D eigenvalue weighted by Crippen LogP contribution is -2.35. The lowest BCUT2D eigenvalue weighted by atomic mass is 9.96. The molecule has 1 fully saturated rings. The molecular formula is C6H8Cl2F2. The van der Waals surface area contributed by atoms with E-state index in [2.05, 4.69) is 0 Å². The molecule has 60 valence electrons. The van der Waals surface area contributed by atoms with Gasteiger partial charge in [-0.05, 0) is 12.8 Å². The zero-order valence-corrected chi connectivity index (χ0v) is 6.75. The molecule has 1 aliphatic carbocycles. The van der Waals surface area contributed by atoms with Crippen LogP contribution in [-0.2, 0) is 0 Å². The molecule has 0 N–H and O–H groups in total. The maximum absolute atomic E-state index is 12.6. The molecule has 0 amide bonds. The molecule has 0 heterocycles. The Labute approximate surface area is 68.5 Å². The summed E-state index contributed by atoms with van der Waals surface area (Å²) in [5, 5.41) is -1.38. The zero-order valence-electron chi connectivity index (χ0n) is 5.24. The minimum Gasteiger partial charge on any atom is -0.246 e. The highest BCUT2D eigenvalue weighted by Crippen LogP contribution is 2.31. The van der Waals surface area contributed by atoms with Crippen LogP contribution < -0.4 is 0 Å². The zero-order chi connectivity index (χ0) is 7.72. The summed E-state index contributed by atoms with van der Waals surface area (Å²) < 4.78 is 25.2. The molecule has 0 spiro atoms. The predicted octanol–water partition coefficient (Wildman–Crippen LogP) is 2.67. The average Bonchev–Trinajstić information content (AvgIpc) is 1.84. The van der Waals surface area contributed by atoms with Crippen molar-refractivity contribution in [3.63, 3.8) is 0 Å². The number of rotatable bonds is 0. The molecule has 0 bridgehead atoms. The monoisotopic (exact) mass is 188 g/mol. The summed E-state index contributed by atoms with van der Waals surface area (Å²) in [6.07, 6.45) is -2.21. The third-order valence-electron chi connectivity index (χ3n) is 1.69. The largest absolute Gasteiger partial charge is 0.246 e. The molecule has 4 heteroatoms. The van der Waals surface area contributed by atoms with Crippen LogP contribution in [-0.4, -0.2) is 23.1 Å². The van der Waals surface area contributed by atoms with Gasteiger partial charge in [-0.3, -0.25) is 0 Å². The molecule has 0 aromatic carbocycles. The first-order valence-electron chi connectivity index (χ1n) is 3.17. The summed E-state index contributed by atoms with van der Waals surface area (Å²) in [7, 11) is 0. The summed E-state index contributed by atoms with van der Waals surface area (Å²) in [6.45, 7) is 0. The van der Waals surface area contributed by atoms with Gasteiger partial charge in [0, 0.05) is 0 Å². The maximum atomic E-state index is 12.6. The van der Waals surface area contributed by atoms with Crippen LogP contribution in [0, 0.1) is 0 Å². The van der Waals surface area contributed by atoms with Crippen LogP contribution in [0.25, 0.3) is 0 Å². The minimum atomic E-state index is -1.14. The van der Waals surface area contributed by atoms with Crippen molar-refractivity contribution in [2.24, 2.45) is 0 Å². The fourth-order valence-electron chi connectivity index (χ4n) is 1.02. The highest BCUT2D eigenvalue weighted by Gasteiger charge is 2.35. The van der Waals surface area contributed by atoms with Crippen molar-refractivity contribution in [2.45, 2.75) is 35.9 Å². The van der Waals surface area contributed by atoms with E-state index in [0.29, 0.717) is 0 Å². The second-order valence-electron chi connectivity index (χ2n) is 2.54. The van der Waals surface area contributed by atoms with Crippen LogP contribution in [0.1, 0.15) is 12.8 Å². The summed E-state index contributed by atoms with van der Waals surface area (Å²) in [4.78, 5) is 0. The van der Waals surface area contributed by atoms with Crippen LogP contribution in [0.5, 0.6) is 0 Å². The third kappa shape index (κ3) is 1.73. The van der Waals surface area contributed by atoms with Gasteiger partial charge >= 0.3 is 0 Å². The van der Waals surface area contributed by atoms with Gasteiger partial charge in [-0.15, -0.1) is 23.2 Å². The smallest absolute Gasteiger partial charge is 0.118 e. The fourth-order valence-corrected chi connectivity index (χ4v) is 1.57. The third-order valence-corrected chi connectivity index (χ3v) is 2.59. The molecule has 1 saturated carbocycles. The van der Waals surface area contributed by atoms with Gasteiger partial charge in [0.05, 0.1) is 10.8 Å². The van der Waals surface area contributed by atoms with Crippen molar-refractivity contribution in [1.82, 2.24) is 0 Å². The summed E-state index contributed by atoms with van der Waals surface area (Å²) in [5.41, 5.74) is 0. The van der Waals surface area contributed by atoms with E-state index in [1.54, 1.807) is 0 Å². The van der Waals surface area contributed by atoms with E-state index in [1.165, 1.54) is 0 Å². The molecule has 0 saturated heterocycles. The summed E-state index contributed by atoms with van der Waals surface area (Å²) in [6, 6.07) is 0. The Hall–Kier alpha value is 0.440. The minimum absolute atomic E-state index is 0.0386. The highest BCUT2D eigenvalue weighted by molar-refractivity contribution is 6.23. The first-order chi connectivity index (χ1) is 4.61. The molecule has 0 aliphatic heterocycles. The number of hydrogen-bond donors (Lipinski definition) is 0. The van der Waals surface area contributed by atoms with E-state index in [1.807, 2.05) is 0 Å². The first-order valence-corrected chi connectivity index (χ1v) is 4.05. The van der Waals surface area contributed by atoms with Gasteiger partial charge in [-0.2, -0.15) is 0 Å². The van der Waals surface area contributed by atoms with Crippen molar-refractivity contribution < 1.29 is 8.78 Å². The average molecular weight is 189 g/mol. The molecule has 0 aromatic heterocycles. The Bertz CT molecular complexity index is 94.3. The van der Waals surface area contributed by atoms with Crippen LogP contribution in [0.4, 0.5) is 8.78 Å². The van der Waals surface area contributed by atoms with E-state index in [9.17, 15) is 8.78 Å². The molecule has 0 nitrogen and oxygen atoms in total. The van der Waals surface area contributed by atoms with Crippen LogP contribution in [0.15, 0.2) is 0 Å². The Balaban J connectivity index is 2.46. The molecule has 4 unspecified atom stereocenters. The Kier molecular flexibility index (Phi) is 2.75. The van der Waals surface area contributed by atoms with Gasteiger partial charge < -0.3 is 0 Å². The number of alkyl halides is 4. The van der Waals surface area contributed by atoms with Gasteiger partial charge in [-0.25, -0.2) is 8.78 Å². The Morgan fingerprint density at radius 2 is 1.20 bits per heavy atom. The van der Waals surface area contributed by atoms with Crippen LogP contribution in [0.2, 0.25) is 0 Å². The van der Waals surface area contributed by atoms with E-state index in [4.69, 9.17) is 23.2 Å². The van der Waals surface area contributed by atoms with E-state index >= 15 is 0 Å². The van der Waals surface area contributed by atoms with Crippen molar-refractivity contribution in [2.75, 3.05) is 0 Å². The van der Waals surface area contributed by atoms with Gasteiger partial charge in [-0.1, -0.05) is 0 Å². The van der Waals surface area contributed by atoms with Crippen LogP contribution >= 0.6 is 23.2 Å². The topological polar surface area (TPSA) is 0 Å². The quantitative estimate of drug-likeness (QED) is 0.514. The SMILES string of the molecule is FC1CC(Cl)C(F)CC1Cl. The molecule has 0 radical (unpaired) electrons. The van der Waals surface area contributed by atoms with Crippen molar-refractivity contribution in [3.8, 4) is 0 Å². The van der Waals surface area contributed by atoms with Crippen LogP contribution in [0.3, 0.4) is 0 Å². The molecule has 0 aromatic rings. The predicted molar refractivity (Wildman–Crippen MR) is 38.3 cm³/mol. The molecule has 4 atom stereocenters. The van der Waals surface area contributed by atoms with Crippen molar-refractivity contribution in [1.29, 1.82) is 0 Å². The lowest BCUT2D eigenvalue weighted by molar-refractivity contribution is 0.178. The lowest BCUT2D eigenvalue weighted by Gasteiger charge is -2.27. The van der Waals surface area contributed by atoms with Crippen molar-refractivity contribution in [3.05, 3.63) is 0 Å². The van der Waals surface area contributed by atoms with Gasteiger partial charge in [0.25, 0.3) is 0 Å². The maximum Gasteiger partial charge on any atom is 0.118 e. The second-order valence-corrected chi connectivity index (χ2v) is 3.66. The van der Waals surface area contributed by atoms with Crippen molar-refractivity contribution >= 4 is 23.2 Å². The normalized spacial score (nSPS) is 49.2. The first kappa shape index (κ1) is 8.54. The Morgan fingerprint density at radius 1 is 0.900 bits per heavy atom. The van der Waals surface area contributed by atoms with E-state index in [-0.39, 0.29) is 12.8 Å². The molecule has 1 aliphatic rings. The number of halogens is 4.